The molecule has 0 unspecified atom stereocenters. The maximum absolute atomic E-state index is 10.1. The predicted molar refractivity (Wildman–Crippen MR) is 27.6 cm³/mol. The first-order valence-corrected chi connectivity index (χ1v) is 2.34. The molecule has 0 bridgehead atoms. The van der Waals surface area contributed by atoms with Crippen LogP contribution in [0.25, 0.3) is 0 Å². The summed E-state index contributed by atoms with van der Waals surface area (Å²) in [7, 11) is 0. The molecular weight excluding hydrogens is 111 g/mol. The van der Waals surface area contributed by atoms with Crippen LogP contribution >= 0.6 is 0 Å². The highest BCUT2D eigenvalue weighted by molar-refractivity contribution is 5.80. The normalized spacial score (nSPS) is 8.62. The summed E-state index contributed by atoms with van der Waals surface area (Å²) in [4.78, 5) is 19.8. The molecule has 0 saturated heterocycles. The largest absolute Gasteiger partial charge is 0.481 e. The summed E-state index contributed by atoms with van der Waals surface area (Å²) in [5.41, 5.74) is 0. The van der Waals surface area contributed by atoms with Gasteiger partial charge in [-0.3, -0.25) is 4.79 Å². The molecule has 0 radical (unpaired) electrons. The molecule has 0 spiro atoms. The van der Waals surface area contributed by atoms with E-state index in [4.69, 9.17) is 5.11 Å². The van der Waals surface area contributed by atoms with Crippen molar-refractivity contribution in [3.63, 3.8) is 0 Å². The molecule has 0 fully saturated rings. The minimum absolute atomic E-state index is 0.0463. The Morgan fingerprint density at radius 1 is 1.38 bits per heavy atom. The van der Waals surface area contributed by atoms with Crippen molar-refractivity contribution in [1.82, 2.24) is 0 Å². The SMILES string of the molecule is [13CH3][13C](=O)[13CH2]CC(=O)O. The first-order chi connectivity index (χ1) is 3.63. The first kappa shape index (κ1) is 7.14. The van der Waals surface area contributed by atoms with Crippen LogP contribution in [0.15, 0.2) is 0 Å². The lowest BCUT2D eigenvalue weighted by atomic mass is 10.6. The highest BCUT2D eigenvalue weighted by Gasteiger charge is 1.97. The van der Waals surface area contributed by atoms with E-state index in [1.165, 1.54) is 6.92 Å². The zero-order valence-electron chi connectivity index (χ0n) is 4.68. The molecule has 0 atom stereocenters. The standard InChI is InChI=1S/C5H8O3/c1-4(6)2-3-5(7)8/h2-3H2,1H3,(H,7,8)/i1+1,2+1,4+1. The van der Waals surface area contributed by atoms with Crippen LogP contribution in [-0.4, -0.2) is 16.9 Å². The topological polar surface area (TPSA) is 54.4 Å². The smallest absolute Gasteiger partial charge is 0.303 e. The van der Waals surface area contributed by atoms with Gasteiger partial charge in [-0.15, -0.1) is 0 Å². The Bertz CT molecular complexity index is 92.2. The van der Waals surface area contributed by atoms with E-state index in [9.17, 15) is 9.59 Å². The van der Waals surface area contributed by atoms with Gasteiger partial charge in [0.15, 0.2) is 0 Å². The van der Waals surface area contributed by atoms with Gasteiger partial charge in [0, 0.05) is 6.42 Å². The zero-order chi connectivity index (χ0) is 6.57. The Morgan fingerprint density at radius 3 is 2.00 bits per heavy atom. The van der Waals surface area contributed by atoms with E-state index in [2.05, 4.69) is 0 Å². The van der Waals surface area contributed by atoms with Gasteiger partial charge < -0.3 is 9.90 Å². The second-order valence-corrected chi connectivity index (χ2v) is 1.60. The number of hydrogen-bond donors (Lipinski definition) is 1. The fourth-order valence-electron chi connectivity index (χ4n) is 0.283. The summed E-state index contributed by atoms with van der Waals surface area (Å²) < 4.78 is 0. The maximum Gasteiger partial charge on any atom is 0.303 e. The first-order valence-electron chi connectivity index (χ1n) is 2.34. The molecule has 0 aliphatic carbocycles. The van der Waals surface area contributed by atoms with E-state index in [0.29, 0.717) is 0 Å². The van der Waals surface area contributed by atoms with E-state index in [-0.39, 0.29) is 18.6 Å². The summed E-state index contributed by atoms with van der Waals surface area (Å²) in [5, 5.41) is 8.01. The van der Waals surface area contributed by atoms with E-state index < -0.39 is 5.97 Å². The molecule has 0 rings (SSSR count). The predicted octanol–water partition coefficient (Wildman–Crippen LogP) is 0.440. The van der Waals surface area contributed by atoms with Crippen LogP contribution in [0, 0.1) is 0 Å². The molecule has 0 saturated carbocycles. The summed E-state index contributed by atoms with van der Waals surface area (Å²) in [5.74, 6) is -0.993. The van der Waals surface area contributed by atoms with Gasteiger partial charge >= 0.3 is 5.97 Å². The fraction of sp³-hybridized carbons (Fsp3) is 0.600. The van der Waals surface area contributed by atoms with Gasteiger partial charge in [0.2, 0.25) is 0 Å². The second-order valence-electron chi connectivity index (χ2n) is 1.60. The summed E-state index contributed by atoms with van der Waals surface area (Å²) in [6, 6.07) is 0. The molecule has 0 heterocycles. The Labute approximate surface area is 47.3 Å². The number of carboxylic acid groups (broad SMARTS) is 1. The van der Waals surface area contributed by atoms with Crippen LogP contribution < -0.4 is 0 Å². The lowest BCUT2D eigenvalue weighted by Gasteiger charge is -1.86. The van der Waals surface area contributed by atoms with Crippen molar-refractivity contribution in [3.8, 4) is 0 Å². The van der Waals surface area contributed by atoms with Crippen molar-refractivity contribution >= 4 is 11.8 Å². The van der Waals surface area contributed by atoms with Gasteiger partial charge in [0.1, 0.15) is 5.78 Å². The Kier molecular flexibility index (Phi) is 2.84. The number of Topliss-reactive ketones (excluding diaryl/α,β-unsaturated/α-hetero) is 1. The third-order valence-corrected chi connectivity index (χ3v) is 0.691. The monoisotopic (exact) mass is 119 g/mol. The fourth-order valence-corrected chi connectivity index (χ4v) is 0.283. The molecule has 8 heavy (non-hydrogen) atoms. The summed E-state index contributed by atoms with van der Waals surface area (Å²) >= 11 is 0. The lowest BCUT2D eigenvalue weighted by molar-refractivity contribution is -0.138. The van der Waals surface area contributed by atoms with Crippen molar-refractivity contribution in [2.45, 2.75) is 19.8 Å². The molecule has 0 amide bonds. The Morgan fingerprint density at radius 2 is 1.88 bits per heavy atom. The van der Waals surface area contributed by atoms with E-state index in [1.54, 1.807) is 0 Å². The molecule has 1 N–H and O–H groups in total. The van der Waals surface area contributed by atoms with Gasteiger partial charge in [0.25, 0.3) is 0 Å². The molecule has 0 aromatic heterocycles. The minimum Gasteiger partial charge on any atom is -0.481 e. The van der Waals surface area contributed by atoms with Crippen LogP contribution in [0.3, 0.4) is 0 Å². The van der Waals surface area contributed by atoms with Crippen LogP contribution in [0.5, 0.6) is 0 Å². The number of rotatable bonds is 3. The number of ketones is 1. The average molecular weight is 119 g/mol. The summed E-state index contributed by atoms with van der Waals surface area (Å²) in [6.07, 6.45) is 0.102. The highest BCUT2D eigenvalue weighted by Crippen LogP contribution is 1.87. The van der Waals surface area contributed by atoms with Crippen LogP contribution in [0.4, 0.5) is 0 Å². The van der Waals surface area contributed by atoms with E-state index >= 15 is 0 Å². The maximum atomic E-state index is 10.1. The quantitative estimate of drug-likeness (QED) is 0.548. The Balaban J connectivity index is 3.18. The molecule has 0 aliphatic rings. The Hall–Kier alpha value is -0.860. The van der Waals surface area contributed by atoms with Crippen LogP contribution in [-0.2, 0) is 9.59 Å². The molecule has 0 aromatic carbocycles. The lowest BCUT2D eigenvalue weighted by Crippen LogP contribution is -1.98. The minimum atomic E-state index is -0.916. The van der Waals surface area contributed by atoms with Crippen molar-refractivity contribution in [1.29, 1.82) is 0 Å². The molecule has 0 aliphatic heterocycles. The van der Waals surface area contributed by atoms with Gasteiger partial charge in [-0.2, -0.15) is 0 Å². The van der Waals surface area contributed by atoms with Crippen molar-refractivity contribution < 1.29 is 14.7 Å². The van der Waals surface area contributed by atoms with Gasteiger partial charge in [0.05, 0.1) is 6.42 Å². The van der Waals surface area contributed by atoms with E-state index in [1.807, 2.05) is 0 Å². The summed E-state index contributed by atoms with van der Waals surface area (Å²) in [6.45, 7) is 1.38. The third-order valence-electron chi connectivity index (χ3n) is 0.691. The van der Waals surface area contributed by atoms with Crippen molar-refractivity contribution in [2.24, 2.45) is 0 Å². The third kappa shape index (κ3) is 5.14. The van der Waals surface area contributed by atoms with Gasteiger partial charge in [-0.05, 0) is 6.92 Å². The van der Waals surface area contributed by atoms with Crippen molar-refractivity contribution in [2.75, 3.05) is 0 Å². The van der Waals surface area contributed by atoms with Gasteiger partial charge in [-0.25, -0.2) is 0 Å². The zero-order valence-corrected chi connectivity index (χ0v) is 4.68. The number of carboxylic acids is 1. The number of hydrogen-bond acceptors (Lipinski definition) is 2. The molecule has 3 heteroatoms. The average Bonchev–Trinajstić information content (AvgIpc) is 1.61. The molecule has 46 valence electrons. The van der Waals surface area contributed by atoms with Crippen LogP contribution in [0.1, 0.15) is 19.8 Å². The molecule has 0 aromatic rings. The number of carbonyl (C=O) groups is 2. The second kappa shape index (κ2) is 3.18. The highest BCUT2D eigenvalue weighted by atomic mass is 16.4. The number of aliphatic carboxylic acids is 1. The van der Waals surface area contributed by atoms with Crippen LogP contribution in [0.2, 0.25) is 0 Å². The molecule has 3 nitrogen and oxygen atoms in total. The van der Waals surface area contributed by atoms with Crippen molar-refractivity contribution in [3.05, 3.63) is 0 Å². The molecular formula is C5H8O3. The van der Waals surface area contributed by atoms with E-state index in [0.717, 1.165) is 0 Å². The number of carbonyl (C=O) groups excluding carboxylic acids is 1. The van der Waals surface area contributed by atoms with Gasteiger partial charge in [-0.1, -0.05) is 0 Å².